The molecule has 0 aliphatic carbocycles. The van der Waals surface area contributed by atoms with Crippen LogP contribution in [-0.2, 0) is 0 Å². The Kier molecular flexibility index (Phi) is 3.87. The van der Waals surface area contributed by atoms with Crippen molar-refractivity contribution < 1.29 is 4.39 Å². The van der Waals surface area contributed by atoms with Gasteiger partial charge in [-0.05, 0) is 25.1 Å². The lowest BCUT2D eigenvalue weighted by Crippen LogP contribution is -1.93. The average molecular weight is 428 g/mol. The monoisotopic (exact) mass is 428 g/mol. The van der Waals surface area contributed by atoms with Gasteiger partial charge in [-0.25, -0.2) is 24.3 Å². The lowest BCUT2D eigenvalue weighted by atomic mass is 10.1. The molecule has 150 valence electrons. The summed E-state index contributed by atoms with van der Waals surface area (Å²) in [6.45, 7) is 2.06. The van der Waals surface area contributed by atoms with E-state index in [9.17, 15) is 0 Å². The topological polar surface area (TPSA) is 109 Å². The van der Waals surface area contributed by atoms with E-state index >= 15 is 4.39 Å². The normalized spacial score (nSPS) is 11.5. The molecule has 6 rings (SSSR count). The zero-order valence-corrected chi connectivity index (χ0v) is 16.9. The fourth-order valence-electron chi connectivity index (χ4n) is 3.57. The Morgan fingerprint density at radius 3 is 2.68 bits per heavy atom. The largest absolute Gasteiger partial charge is 0.321 e. The summed E-state index contributed by atoms with van der Waals surface area (Å²) in [7, 11) is 0. The van der Waals surface area contributed by atoms with Gasteiger partial charge in [-0.15, -0.1) is 11.3 Å². The number of nitrogens with one attached hydrogen (secondary N) is 2. The van der Waals surface area contributed by atoms with Gasteiger partial charge in [-0.2, -0.15) is 5.10 Å². The molecular formula is C21H13FN8S. The summed E-state index contributed by atoms with van der Waals surface area (Å²) in [4.78, 5) is 26.7. The number of imidazole rings is 1. The molecule has 0 saturated carbocycles. The van der Waals surface area contributed by atoms with Crippen LogP contribution in [0.15, 0.2) is 49.3 Å². The molecule has 10 heteroatoms. The van der Waals surface area contributed by atoms with Crippen LogP contribution in [0.5, 0.6) is 0 Å². The number of aromatic nitrogens is 8. The highest BCUT2D eigenvalue weighted by molar-refractivity contribution is 7.15. The molecular weight excluding hydrogens is 415 g/mol. The highest BCUT2D eigenvalue weighted by Gasteiger charge is 2.21. The van der Waals surface area contributed by atoms with E-state index in [0.717, 1.165) is 10.4 Å². The van der Waals surface area contributed by atoms with Crippen molar-refractivity contribution in [3.05, 3.63) is 60.0 Å². The molecule has 0 aromatic carbocycles. The van der Waals surface area contributed by atoms with E-state index in [4.69, 9.17) is 4.98 Å². The van der Waals surface area contributed by atoms with Gasteiger partial charge in [0.2, 0.25) is 0 Å². The number of pyridine rings is 2. The maximum absolute atomic E-state index is 15.5. The maximum atomic E-state index is 15.5. The van der Waals surface area contributed by atoms with E-state index in [1.54, 1.807) is 17.5 Å². The maximum Gasteiger partial charge on any atom is 0.161 e. The fraction of sp³-hybridized carbons (Fsp3) is 0.0476. The Balaban J connectivity index is 1.56. The lowest BCUT2D eigenvalue weighted by Gasteiger charge is -2.03. The Morgan fingerprint density at radius 2 is 1.87 bits per heavy atom. The first-order valence-electron chi connectivity index (χ1n) is 9.39. The number of aryl methyl sites for hydroxylation is 1. The third-order valence-corrected chi connectivity index (χ3v) is 6.03. The second-order valence-corrected chi connectivity index (χ2v) is 8.25. The number of hydrogen-bond acceptors (Lipinski definition) is 7. The van der Waals surface area contributed by atoms with E-state index < -0.39 is 5.82 Å². The summed E-state index contributed by atoms with van der Waals surface area (Å²) in [5.74, 6) is -0.0894. The van der Waals surface area contributed by atoms with Gasteiger partial charge in [-0.1, -0.05) is 0 Å². The number of aromatic amines is 2. The summed E-state index contributed by atoms with van der Waals surface area (Å²) < 4.78 is 15.5. The zero-order chi connectivity index (χ0) is 20.9. The molecule has 6 aromatic rings. The van der Waals surface area contributed by atoms with Crippen LogP contribution < -0.4 is 0 Å². The van der Waals surface area contributed by atoms with Gasteiger partial charge in [0, 0.05) is 39.5 Å². The molecule has 0 aliphatic rings. The predicted octanol–water partition coefficient (Wildman–Crippen LogP) is 4.53. The summed E-state index contributed by atoms with van der Waals surface area (Å²) in [6, 6.07) is 6.06. The molecule has 0 radical (unpaired) electrons. The molecule has 0 atom stereocenters. The minimum atomic E-state index is -0.515. The van der Waals surface area contributed by atoms with Crippen LogP contribution in [-0.4, -0.2) is 40.1 Å². The van der Waals surface area contributed by atoms with Crippen LogP contribution >= 0.6 is 11.3 Å². The second-order valence-electron chi connectivity index (χ2n) is 6.96. The molecule has 2 N–H and O–H groups in total. The standard InChI is InChI=1S/C21H13FN8S/c1-10-2-3-14(31-10)12-4-5-25-20-18(12)27-21(28-20)19-15-13(29-30-19)8-26-17(16(15)22)11-6-23-9-24-7-11/h2-9H,1H3,(H,29,30)(H,25,27,28). The van der Waals surface area contributed by atoms with Gasteiger partial charge in [0.15, 0.2) is 17.3 Å². The first kappa shape index (κ1) is 17.8. The number of thiophene rings is 1. The molecule has 31 heavy (non-hydrogen) atoms. The van der Waals surface area contributed by atoms with Crippen LogP contribution in [0.3, 0.4) is 0 Å². The van der Waals surface area contributed by atoms with E-state index in [-0.39, 0.29) is 5.69 Å². The van der Waals surface area contributed by atoms with Gasteiger partial charge in [0.05, 0.1) is 17.1 Å². The molecule has 0 fully saturated rings. The van der Waals surface area contributed by atoms with Crippen molar-refractivity contribution in [2.24, 2.45) is 0 Å². The SMILES string of the molecule is Cc1ccc(-c2ccnc3[nH]c(-c4n[nH]c5cnc(-c6cncnc6)c(F)c45)nc23)s1. The average Bonchev–Trinajstić information content (AvgIpc) is 3.52. The van der Waals surface area contributed by atoms with E-state index in [2.05, 4.69) is 54.2 Å². The minimum absolute atomic E-state index is 0.153. The van der Waals surface area contributed by atoms with Crippen LogP contribution in [0.1, 0.15) is 4.88 Å². The summed E-state index contributed by atoms with van der Waals surface area (Å²) in [5, 5.41) is 7.44. The van der Waals surface area contributed by atoms with Crippen LogP contribution in [0.4, 0.5) is 4.39 Å². The third-order valence-electron chi connectivity index (χ3n) is 4.99. The predicted molar refractivity (Wildman–Crippen MR) is 116 cm³/mol. The van der Waals surface area contributed by atoms with Gasteiger partial charge < -0.3 is 4.98 Å². The number of H-pyrrole nitrogens is 2. The number of nitrogens with zero attached hydrogens (tertiary/aromatic N) is 6. The van der Waals surface area contributed by atoms with Crippen molar-refractivity contribution in [3.63, 3.8) is 0 Å². The quantitative estimate of drug-likeness (QED) is 0.429. The number of rotatable bonds is 3. The Hall–Kier alpha value is -4.05. The van der Waals surface area contributed by atoms with Gasteiger partial charge in [-0.3, -0.25) is 10.1 Å². The smallest absolute Gasteiger partial charge is 0.161 e. The molecule has 0 saturated heterocycles. The van der Waals surface area contributed by atoms with E-state index in [0.29, 0.717) is 39.1 Å². The van der Waals surface area contributed by atoms with Gasteiger partial charge in [0.25, 0.3) is 0 Å². The molecule has 8 nitrogen and oxygen atoms in total. The van der Waals surface area contributed by atoms with E-state index in [1.807, 2.05) is 6.07 Å². The van der Waals surface area contributed by atoms with E-state index in [1.165, 1.54) is 29.8 Å². The minimum Gasteiger partial charge on any atom is -0.321 e. The number of halogens is 1. The van der Waals surface area contributed by atoms with Crippen molar-refractivity contribution >= 4 is 33.4 Å². The lowest BCUT2D eigenvalue weighted by molar-refractivity contribution is 0.638. The Morgan fingerprint density at radius 1 is 1.00 bits per heavy atom. The molecule has 0 bridgehead atoms. The first-order chi connectivity index (χ1) is 15.2. The highest BCUT2D eigenvalue weighted by atomic mass is 32.1. The van der Waals surface area contributed by atoms with Crippen molar-refractivity contribution in [2.75, 3.05) is 0 Å². The first-order valence-corrected chi connectivity index (χ1v) is 10.2. The number of hydrogen-bond donors (Lipinski definition) is 2. The Labute approximate surface area is 178 Å². The third kappa shape index (κ3) is 2.80. The van der Waals surface area contributed by atoms with Crippen LogP contribution in [0.25, 0.3) is 55.3 Å². The number of fused-ring (bicyclic) bond motifs is 2. The second kappa shape index (κ2) is 6.74. The summed E-state index contributed by atoms with van der Waals surface area (Å²) in [6.07, 6.45) is 7.69. The Bertz CT molecular complexity index is 1570. The zero-order valence-electron chi connectivity index (χ0n) is 16.1. The van der Waals surface area contributed by atoms with Crippen LogP contribution in [0.2, 0.25) is 0 Å². The van der Waals surface area contributed by atoms with Crippen LogP contribution in [0, 0.1) is 12.7 Å². The molecule has 0 spiro atoms. The van der Waals surface area contributed by atoms with Gasteiger partial charge in [0.1, 0.15) is 23.2 Å². The van der Waals surface area contributed by atoms with Gasteiger partial charge >= 0.3 is 0 Å². The summed E-state index contributed by atoms with van der Waals surface area (Å²) >= 11 is 1.68. The highest BCUT2D eigenvalue weighted by Crippen LogP contribution is 2.35. The molecule has 0 unspecified atom stereocenters. The van der Waals surface area contributed by atoms with Crippen molar-refractivity contribution in [1.82, 2.24) is 40.1 Å². The molecule has 0 amide bonds. The fourth-order valence-corrected chi connectivity index (χ4v) is 4.46. The van der Waals surface area contributed by atoms with Crippen molar-refractivity contribution in [2.45, 2.75) is 6.92 Å². The molecule has 6 heterocycles. The molecule has 6 aromatic heterocycles. The van der Waals surface area contributed by atoms with Crippen molar-refractivity contribution in [3.8, 4) is 33.2 Å². The summed E-state index contributed by atoms with van der Waals surface area (Å²) in [5.41, 5.74) is 3.75. The van der Waals surface area contributed by atoms with Crippen molar-refractivity contribution in [1.29, 1.82) is 0 Å². The molecule has 0 aliphatic heterocycles.